The Bertz CT molecular complexity index is 421. The molecule has 17 heavy (non-hydrogen) atoms. The minimum absolute atomic E-state index is 0.378. The van der Waals surface area contributed by atoms with Crippen LogP contribution in [0, 0.1) is 11.3 Å². The average Bonchev–Trinajstić information content (AvgIpc) is 2.28. The molecule has 1 aromatic rings. The van der Waals surface area contributed by atoms with Crippen molar-refractivity contribution < 1.29 is 0 Å². The molecule has 0 spiro atoms. The minimum atomic E-state index is 0.378. The maximum atomic E-state index is 9.08. The predicted molar refractivity (Wildman–Crippen MR) is 73.2 cm³/mol. The molecule has 0 heterocycles. The van der Waals surface area contributed by atoms with E-state index >= 15 is 0 Å². The smallest absolute Gasteiger partial charge is 0.0991 e. The third kappa shape index (κ3) is 2.88. The Balaban J connectivity index is 3.50. The molecule has 0 aliphatic heterocycles. The maximum absolute atomic E-state index is 9.08. The van der Waals surface area contributed by atoms with Crippen LogP contribution in [0.1, 0.15) is 56.2 Å². The van der Waals surface area contributed by atoms with E-state index in [4.69, 9.17) is 5.26 Å². The molecule has 0 aliphatic carbocycles. The quantitative estimate of drug-likeness (QED) is 0.831. The normalized spacial score (nSPS) is 10.4. The summed E-state index contributed by atoms with van der Waals surface area (Å²) in [4.78, 5) is 0. The van der Waals surface area contributed by atoms with Crippen molar-refractivity contribution in [3.63, 3.8) is 0 Å². The first-order chi connectivity index (χ1) is 8.01. The summed E-state index contributed by atoms with van der Waals surface area (Å²) in [6.07, 6.45) is 1.69. The van der Waals surface area contributed by atoms with Crippen LogP contribution in [0.2, 0.25) is 0 Å². The van der Waals surface area contributed by atoms with Crippen molar-refractivity contribution >= 4 is 5.69 Å². The van der Waals surface area contributed by atoms with Crippen LogP contribution in [0.4, 0.5) is 5.69 Å². The lowest BCUT2D eigenvalue weighted by Gasteiger charge is -2.20. The van der Waals surface area contributed by atoms with Gasteiger partial charge in [0.05, 0.1) is 11.6 Å². The van der Waals surface area contributed by atoms with Crippen molar-refractivity contribution in [1.82, 2.24) is 0 Å². The first-order valence-corrected chi connectivity index (χ1v) is 5.96. The molecule has 1 N–H and O–H groups in total. The Kier molecular flexibility index (Phi) is 4.34. The second kappa shape index (κ2) is 5.54. The lowest BCUT2D eigenvalue weighted by molar-refractivity contribution is 0.837. The Morgan fingerprint density at radius 2 is 1.65 bits per heavy atom. The largest absolute Gasteiger partial charge is 0.362 e. The first kappa shape index (κ1) is 13.3. The van der Waals surface area contributed by atoms with Crippen molar-refractivity contribution in [3.05, 3.63) is 41.6 Å². The van der Waals surface area contributed by atoms with Crippen molar-refractivity contribution in [3.8, 4) is 6.07 Å². The van der Waals surface area contributed by atoms with E-state index in [9.17, 15) is 0 Å². The number of nitriles is 1. The molecule has 0 fully saturated rings. The summed E-state index contributed by atoms with van der Waals surface area (Å²) in [6, 6.07) is 6.15. The molecular weight excluding hydrogens is 208 g/mol. The zero-order valence-corrected chi connectivity index (χ0v) is 11.0. The molecule has 0 aliphatic rings. The Hall–Kier alpha value is -1.75. The van der Waals surface area contributed by atoms with Crippen LogP contribution >= 0.6 is 0 Å². The highest BCUT2D eigenvalue weighted by atomic mass is 14.8. The second-order valence-electron chi connectivity index (χ2n) is 4.80. The van der Waals surface area contributed by atoms with Gasteiger partial charge < -0.3 is 5.32 Å². The Labute approximate surface area is 104 Å². The molecule has 0 atom stereocenters. The molecule has 90 valence electrons. The first-order valence-electron chi connectivity index (χ1n) is 5.96. The van der Waals surface area contributed by atoms with E-state index in [-0.39, 0.29) is 0 Å². The van der Waals surface area contributed by atoms with Crippen LogP contribution in [0.25, 0.3) is 0 Å². The number of hydrogen-bond acceptors (Lipinski definition) is 2. The number of hydrogen-bond donors (Lipinski definition) is 1. The van der Waals surface area contributed by atoms with E-state index in [1.54, 1.807) is 6.20 Å². The SMILES string of the molecule is C=CNc1c(C(C)C)cc(C#N)cc1C(C)C. The predicted octanol–water partition coefficient (Wildman–Crippen LogP) is 4.36. The standard InChI is InChI=1S/C15H20N2/c1-6-17-15-13(10(2)3)7-12(9-16)8-14(15)11(4)5/h6-8,10-11,17H,1H2,2-5H3. The van der Waals surface area contributed by atoms with E-state index in [0.717, 1.165) is 11.3 Å². The minimum Gasteiger partial charge on any atom is -0.362 e. The molecule has 1 aromatic carbocycles. The van der Waals surface area contributed by atoms with Crippen LogP contribution in [0.15, 0.2) is 24.9 Å². The fraction of sp³-hybridized carbons (Fsp3) is 0.400. The Morgan fingerprint density at radius 1 is 1.18 bits per heavy atom. The fourth-order valence-corrected chi connectivity index (χ4v) is 1.93. The fourth-order valence-electron chi connectivity index (χ4n) is 1.93. The summed E-state index contributed by atoms with van der Waals surface area (Å²) >= 11 is 0. The van der Waals surface area contributed by atoms with Gasteiger partial charge in [-0.05, 0) is 41.3 Å². The van der Waals surface area contributed by atoms with Gasteiger partial charge in [0.15, 0.2) is 0 Å². The lowest BCUT2D eigenvalue weighted by Crippen LogP contribution is -2.04. The molecular formula is C15H20N2. The molecule has 0 saturated heterocycles. The molecule has 0 saturated carbocycles. The third-order valence-electron chi connectivity index (χ3n) is 2.82. The van der Waals surface area contributed by atoms with E-state index in [2.05, 4.69) is 45.7 Å². The van der Waals surface area contributed by atoms with Crippen LogP contribution in [0.5, 0.6) is 0 Å². The van der Waals surface area contributed by atoms with Crippen LogP contribution < -0.4 is 5.32 Å². The molecule has 0 amide bonds. The van der Waals surface area contributed by atoms with Gasteiger partial charge in [-0.3, -0.25) is 0 Å². The summed E-state index contributed by atoms with van der Waals surface area (Å²) < 4.78 is 0. The maximum Gasteiger partial charge on any atom is 0.0991 e. The van der Waals surface area contributed by atoms with Crippen molar-refractivity contribution in [2.45, 2.75) is 39.5 Å². The van der Waals surface area contributed by atoms with E-state index < -0.39 is 0 Å². The van der Waals surface area contributed by atoms with E-state index in [1.165, 1.54) is 11.1 Å². The molecule has 2 nitrogen and oxygen atoms in total. The molecule has 2 heteroatoms. The second-order valence-corrected chi connectivity index (χ2v) is 4.80. The zero-order chi connectivity index (χ0) is 13.0. The number of nitrogens with one attached hydrogen (secondary N) is 1. The van der Waals surface area contributed by atoms with Crippen molar-refractivity contribution in [1.29, 1.82) is 5.26 Å². The topological polar surface area (TPSA) is 35.8 Å². The highest BCUT2D eigenvalue weighted by Gasteiger charge is 2.14. The number of nitrogens with zero attached hydrogens (tertiary/aromatic N) is 1. The van der Waals surface area contributed by atoms with E-state index in [0.29, 0.717) is 11.8 Å². The molecule has 0 radical (unpaired) electrons. The van der Waals surface area contributed by atoms with E-state index in [1.807, 2.05) is 12.1 Å². The van der Waals surface area contributed by atoms with Gasteiger partial charge in [0.1, 0.15) is 0 Å². The molecule has 1 rings (SSSR count). The number of anilines is 1. The van der Waals surface area contributed by atoms with Gasteiger partial charge in [-0.25, -0.2) is 0 Å². The summed E-state index contributed by atoms with van der Waals surface area (Å²) in [7, 11) is 0. The van der Waals surface area contributed by atoms with Gasteiger partial charge in [-0.1, -0.05) is 34.3 Å². The van der Waals surface area contributed by atoms with Gasteiger partial charge in [-0.2, -0.15) is 5.26 Å². The highest BCUT2D eigenvalue weighted by Crippen LogP contribution is 2.33. The average molecular weight is 228 g/mol. The number of rotatable bonds is 4. The Morgan fingerprint density at radius 3 is 1.94 bits per heavy atom. The van der Waals surface area contributed by atoms with Crippen LogP contribution in [0.3, 0.4) is 0 Å². The molecule has 0 unspecified atom stereocenters. The van der Waals surface area contributed by atoms with Gasteiger partial charge in [0.25, 0.3) is 0 Å². The molecule has 0 bridgehead atoms. The summed E-state index contributed by atoms with van der Waals surface area (Å²) in [5.41, 5.74) is 4.18. The lowest BCUT2D eigenvalue weighted by atomic mass is 9.90. The van der Waals surface area contributed by atoms with Crippen molar-refractivity contribution in [2.24, 2.45) is 0 Å². The monoisotopic (exact) mass is 228 g/mol. The van der Waals surface area contributed by atoms with Crippen molar-refractivity contribution in [2.75, 3.05) is 5.32 Å². The van der Waals surface area contributed by atoms with Gasteiger partial charge in [0, 0.05) is 5.69 Å². The highest BCUT2D eigenvalue weighted by molar-refractivity contribution is 5.64. The third-order valence-corrected chi connectivity index (χ3v) is 2.82. The van der Waals surface area contributed by atoms with Gasteiger partial charge in [0.2, 0.25) is 0 Å². The summed E-state index contributed by atoms with van der Waals surface area (Å²) in [6.45, 7) is 12.3. The zero-order valence-electron chi connectivity index (χ0n) is 11.0. The van der Waals surface area contributed by atoms with Crippen LogP contribution in [-0.2, 0) is 0 Å². The molecule has 0 aromatic heterocycles. The number of benzene rings is 1. The summed E-state index contributed by atoms with van der Waals surface area (Å²) in [5, 5.41) is 12.3. The van der Waals surface area contributed by atoms with Crippen LogP contribution in [-0.4, -0.2) is 0 Å². The summed E-state index contributed by atoms with van der Waals surface area (Å²) in [5.74, 6) is 0.756. The van der Waals surface area contributed by atoms with Gasteiger partial charge >= 0.3 is 0 Å². The van der Waals surface area contributed by atoms with Gasteiger partial charge in [-0.15, -0.1) is 0 Å².